The van der Waals surface area contributed by atoms with E-state index in [1.54, 1.807) is 14.2 Å². The SMILES string of the molecule is COc1ccc(-n2cccc2)c(OC)c1. The van der Waals surface area contributed by atoms with Crippen LogP contribution < -0.4 is 9.47 Å². The van der Waals surface area contributed by atoms with Crippen molar-refractivity contribution in [1.29, 1.82) is 0 Å². The highest BCUT2D eigenvalue weighted by Gasteiger charge is 2.05. The van der Waals surface area contributed by atoms with Gasteiger partial charge in [-0.05, 0) is 24.3 Å². The van der Waals surface area contributed by atoms with E-state index >= 15 is 0 Å². The van der Waals surface area contributed by atoms with Crippen LogP contribution in [-0.2, 0) is 0 Å². The highest BCUT2D eigenvalue weighted by atomic mass is 16.5. The second-order valence-corrected chi connectivity index (χ2v) is 3.13. The molecule has 3 heteroatoms. The summed E-state index contributed by atoms with van der Waals surface area (Å²) in [5, 5.41) is 0. The predicted octanol–water partition coefficient (Wildman–Crippen LogP) is 2.49. The zero-order chi connectivity index (χ0) is 10.7. The summed E-state index contributed by atoms with van der Waals surface area (Å²) in [4.78, 5) is 0. The van der Waals surface area contributed by atoms with Gasteiger partial charge < -0.3 is 14.0 Å². The molecule has 0 amide bonds. The standard InChI is InChI=1S/C12H13NO2/c1-14-10-5-6-11(12(9-10)15-2)13-7-3-4-8-13/h3-9H,1-2H3. The molecule has 1 heterocycles. The number of ether oxygens (including phenoxy) is 2. The summed E-state index contributed by atoms with van der Waals surface area (Å²) in [6.07, 6.45) is 3.95. The summed E-state index contributed by atoms with van der Waals surface area (Å²) >= 11 is 0. The molecule has 0 aliphatic rings. The van der Waals surface area contributed by atoms with Crippen LogP contribution >= 0.6 is 0 Å². The van der Waals surface area contributed by atoms with Gasteiger partial charge in [0.25, 0.3) is 0 Å². The van der Waals surface area contributed by atoms with Gasteiger partial charge in [0.1, 0.15) is 11.5 Å². The van der Waals surface area contributed by atoms with Crippen LogP contribution in [0.5, 0.6) is 11.5 Å². The van der Waals surface area contributed by atoms with Crippen molar-refractivity contribution in [3.05, 3.63) is 42.7 Å². The molecule has 0 N–H and O–H groups in total. The summed E-state index contributed by atoms with van der Waals surface area (Å²) in [6.45, 7) is 0. The lowest BCUT2D eigenvalue weighted by Crippen LogP contribution is -1.95. The number of benzene rings is 1. The van der Waals surface area contributed by atoms with Crippen LogP contribution in [0, 0.1) is 0 Å². The van der Waals surface area contributed by atoms with Crippen LogP contribution in [0.15, 0.2) is 42.7 Å². The summed E-state index contributed by atoms with van der Waals surface area (Å²) in [7, 11) is 3.30. The van der Waals surface area contributed by atoms with E-state index in [2.05, 4.69) is 0 Å². The largest absolute Gasteiger partial charge is 0.497 e. The van der Waals surface area contributed by atoms with Gasteiger partial charge in [-0.15, -0.1) is 0 Å². The van der Waals surface area contributed by atoms with Gasteiger partial charge in [0, 0.05) is 18.5 Å². The first-order valence-corrected chi connectivity index (χ1v) is 4.70. The van der Waals surface area contributed by atoms with E-state index in [0.717, 1.165) is 17.2 Å². The van der Waals surface area contributed by atoms with Crippen LogP contribution in [0.3, 0.4) is 0 Å². The van der Waals surface area contributed by atoms with Crippen LogP contribution in [0.2, 0.25) is 0 Å². The average molecular weight is 203 g/mol. The zero-order valence-corrected chi connectivity index (χ0v) is 8.81. The third-order valence-electron chi connectivity index (χ3n) is 2.27. The molecule has 1 aromatic heterocycles. The molecule has 0 aliphatic carbocycles. The summed E-state index contributed by atoms with van der Waals surface area (Å²) in [5.41, 5.74) is 1.00. The molecule has 3 nitrogen and oxygen atoms in total. The van der Waals surface area contributed by atoms with Gasteiger partial charge >= 0.3 is 0 Å². The fourth-order valence-electron chi connectivity index (χ4n) is 1.49. The first kappa shape index (κ1) is 9.65. The number of rotatable bonds is 3. The first-order chi connectivity index (χ1) is 7.35. The Bertz CT molecular complexity index is 435. The van der Waals surface area contributed by atoms with Crippen molar-refractivity contribution in [3.8, 4) is 17.2 Å². The van der Waals surface area contributed by atoms with Crippen molar-refractivity contribution >= 4 is 0 Å². The van der Waals surface area contributed by atoms with E-state index in [4.69, 9.17) is 9.47 Å². The molecule has 78 valence electrons. The Labute approximate surface area is 88.9 Å². The molecule has 0 saturated carbocycles. The highest BCUT2D eigenvalue weighted by molar-refractivity contribution is 5.51. The number of methoxy groups -OCH3 is 2. The smallest absolute Gasteiger partial charge is 0.146 e. The maximum Gasteiger partial charge on any atom is 0.146 e. The number of aromatic nitrogens is 1. The summed E-state index contributed by atoms with van der Waals surface area (Å²) in [6, 6.07) is 9.71. The van der Waals surface area contributed by atoms with Crippen molar-refractivity contribution in [2.45, 2.75) is 0 Å². The number of hydrogen-bond donors (Lipinski definition) is 0. The van der Waals surface area contributed by atoms with Crippen LogP contribution in [0.1, 0.15) is 0 Å². The van der Waals surface area contributed by atoms with Gasteiger partial charge in [-0.2, -0.15) is 0 Å². The van der Waals surface area contributed by atoms with Crippen molar-refractivity contribution in [2.75, 3.05) is 14.2 Å². The van der Waals surface area contributed by atoms with Crippen LogP contribution in [0.25, 0.3) is 5.69 Å². The van der Waals surface area contributed by atoms with Crippen molar-refractivity contribution in [3.63, 3.8) is 0 Å². The average Bonchev–Trinajstić information content (AvgIpc) is 2.81. The van der Waals surface area contributed by atoms with Crippen LogP contribution in [-0.4, -0.2) is 18.8 Å². The van der Waals surface area contributed by atoms with Gasteiger partial charge in [-0.3, -0.25) is 0 Å². The lowest BCUT2D eigenvalue weighted by Gasteiger charge is -2.10. The fraction of sp³-hybridized carbons (Fsp3) is 0.167. The van der Waals surface area contributed by atoms with E-state index in [-0.39, 0.29) is 0 Å². The number of nitrogens with zero attached hydrogens (tertiary/aromatic N) is 1. The Morgan fingerprint density at radius 3 is 2.33 bits per heavy atom. The third kappa shape index (κ3) is 1.81. The minimum Gasteiger partial charge on any atom is -0.497 e. The van der Waals surface area contributed by atoms with E-state index in [1.165, 1.54) is 0 Å². The summed E-state index contributed by atoms with van der Waals surface area (Å²) in [5.74, 6) is 1.59. The molecule has 0 aliphatic heterocycles. The molecule has 2 rings (SSSR count). The van der Waals surface area contributed by atoms with Gasteiger partial charge in [0.15, 0.2) is 0 Å². The van der Waals surface area contributed by atoms with Gasteiger partial charge in [0.2, 0.25) is 0 Å². The fourth-order valence-corrected chi connectivity index (χ4v) is 1.49. The molecule has 0 bridgehead atoms. The second-order valence-electron chi connectivity index (χ2n) is 3.13. The van der Waals surface area contributed by atoms with Gasteiger partial charge in [0.05, 0.1) is 19.9 Å². The Morgan fingerprint density at radius 2 is 1.73 bits per heavy atom. The van der Waals surface area contributed by atoms with Gasteiger partial charge in [-0.1, -0.05) is 0 Å². The molecule has 2 aromatic rings. The monoisotopic (exact) mass is 203 g/mol. The lowest BCUT2D eigenvalue weighted by molar-refractivity contribution is 0.393. The molecular formula is C12H13NO2. The van der Waals surface area contributed by atoms with E-state index in [9.17, 15) is 0 Å². The Morgan fingerprint density at radius 1 is 1.00 bits per heavy atom. The molecule has 15 heavy (non-hydrogen) atoms. The first-order valence-electron chi connectivity index (χ1n) is 4.70. The molecule has 0 saturated heterocycles. The normalized spacial score (nSPS) is 10.0. The van der Waals surface area contributed by atoms with E-state index in [1.807, 2.05) is 47.3 Å². The highest BCUT2D eigenvalue weighted by Crippen LogP contribution is 2.27. The van der Waals surface area contributed by atoms with Crippen molar-refractivity contribution in [2.24, 2.45) is 0 Å². The van der Waals surface area contributed by atoms with Gasteiger partial charge in [-0.25, -0.2) is 0 Å². The molecule has 0 fully saturated rings. The molecule has 0 unspecified atom stereocenters. The van der Waals surface area contributed by atoms with Crippen molar-refractivity contribution < 1.29 is 9.47 Å². The zero-order valence-electron chi connectivity index (χ0n) is 8.81. The third-order valence-corrected chi connectivity index (χ3v) is 2.27. The Hall–Kier alpha value is -1.90. The second kappa shape index (κ2) is 4.09. The van der Waals surface area contributed by atoms with E-state index in [0.29, 0.717) is 0 Å². The van der Waals surface area contributed by atoms with Crippen molar-refractivity contribution in [1.82, 2.24) is 4.57 Å². The number of hydrogen-bond acceptors (Lipinski definition) is 2. The molecule has 1 aromatic carbocycles. The Kier molecular flexibility index (Phi) is 2.63. The lowest BCUT2D eigenvalue weighted by atomic mass is 10.2. The predicted molar refractivity (Wildman–Crippen MR) is 58.9 cm³/mol. The minimum absolute atomic E-state index is 0.794. The van der Waals surface area contributed by atoms with Crippen LogP contribution in [0.4, 0.5) is 0 Å². The maximum absolute atomic E-state index is 5.31. The quantitative estimate of drug-likeness (QED) is 0.765. The molecule has 0 atom stereocenters. The topological polar surface area (TPSA) is 23.4 Å². The summed E-state index contributed by atoms with van der Waals surface area (Å²) < 4.78 is 12.4. The van der Waals surface area contributed by atoms with E-state index < -0.39 is 0 Å². The maximum atomic E-state index is 5.31. The Balaban J connectivity index is 2.48. The molecular weight excluding hydrogens is 190 g/mol. The minimum atomic E-state index is 0.794. The molecule has 0 spiro atoms. The molecule has 0 radical (unpaired) electrons.